The summed E-state index contributed by atoms with van der Waals surface area (Å²) >= 11 is 0. The number of aliphatic hydroxyl groups is 1. The number of primary amides is 2. The average Bonchev–Trinajstić information content (AvgIpc) is 2.83. The zero-order chi connectivity index (χ0) is 24.4. The van der Waals surface area contributed by atoms with Crippen molar-refractivity contribution in [3.8, 4) is 17.1 Å². The van der Waals surface area contributed by atoms with Gasteiger partial charge in [-0.1, -0.05) is 36.4 Å². The minimum absolute atomic E-state index is 0.0379. The lowest BCUT2D eigenvalue weighted by atomic mass is 9.84. The molecule has 0 fully saturated rings. The van der Waals surface area contributed by atoms with Crippen molar-refractivity contribution >= 4 is 17.6 Å². The fourth-order valence-corrected chi connectivity index (χ4v) is 3.82. The number of carbonyl (C=O) groups excluding carboxylic acids is 2. The third-order valence-electron chi connectivity index (χ3n) is 5.66. The molecule has 10 heteroatoms. The van der Waals surface area contributed by atoms with Crippen molar-refractivity contribution in [2.75, 3.05) is 11.9 Å². The SMILES string of the molecule is C[C@H](Nc1cc(C(N)=O)nc(-c2ccc3c(c2)OC[C@H](O)[C@H]3c2ccc(CF)cc2)n1)C(N)=O. The highest BCUT2D eigenvalue weighted by atomic mass is 19.1. The fourth-order valence-electron chi connectivity index (χ4n) is 3.82. The van der Waals surface area contributed by atoms with Crippen LogP contribution < -0.4 is 21.5 Å². The number of benzene rings is 2. The molecule has 9 nitrogen and oxygen atoms in total. The number of aliphatic hydroxyl groups excluding tert-OH is 1. The van der Waals surface area contributed by atoms with E-state index >= 15 is 0 Å². The number of alkyl halides is 1. The van der Waals surface area contributed by atoms with Gasteiger partial charge in [0.1, 0.15) is 36.6 Å². The lowest BCUT2D eigenvalue weighted by Crippen LogP contribution is -2.33. The van der Waals surface area contributed by atoms with Gasteiger partial charge in [0, 0.05) is 23.1 Å². The van der Waals surface area contributed by atoms with Crippen molar-refractivity contribution < 1.29 is 23.8 Å². The Kier molecular flexibility index (Phi) is 6.42. The molecule has 1 aliphatic heterocycles. The number of halogens is 1. The summed E-state index contributed by atoms with van der Waals surface area (Å²) in [4.78, 5) is 31.8. The molecule has 2 amide bonds. The summed E-state index contributed by atoms with van der Waals surface area (Å²) in [6, 6.07) is 12.8. The lowest BCUT2D eigenvalue weighted by Gasteiger charge is -2.31. The van der Waals surface area contributed by atoms with Crippen molar-refractivity contribution in [1.82, 2.24) is 9.97 Å². The number of fused-ring (bicyclic) bond motifs is 1. The molecule has 0 radical (unpaired) electrons. The number of hydrogen-bond acceptors (Lipinski definition) is 7. The molecule has 0 bridgehead atoms. The van der Waals surface area contributed by atoms with Crippen molar-refractivity contribution in [3.05, 3.63) is 70.9 Å². The number of ether oxygens (including phenoxy) is 1. The number of rotatable bonds is 7. The highest BCUT2D eigenvalue weighted by molar-refractivity contribution is 5.92. The van der Waals surface area contributed by atoms with E-state index in [1.54, 1.807) is 49.4 Å². The van der Waals surface area contributed by atoms with Gasteiger partial charge in [-0.05, 0) is 24.1 Å². The molecule has 176 valence electrons. The van der Waals surface area contributed by atoms with Gasteiger partial charge in [-0.25, -0.2) is 14.4 Å². The van der Waals surface area contributed by atoms with E-state index in [0.29, 0.717) is 16.9 Å². The van der Waals surface area contributed by atoms with Crippen LogP contribution in [0.4, 0.5) is 10.2 Å². The molecule has 0 saturated heterocycles. The lowest BCUT2D eigenvalue weighted by molar-refractivity contribution is -0.118. The number of carbonyl (C=O) groups is 2. The van der Waals surface area contributed by atoms with E-state index in [4.69, 9.17) is 16.2 Å². The van der Waals surface area contributed by atoms with Gasteiger partial charge in [0.15, 0.2) is 5.82 Å². The first kappa shape index (κ1) is 23.1. The normalized spacial score (nSPS) is 17.9. The molecule has 0 spiro atoms. The van der Waals surface area contributed by atoms with Gasteiger partial charge in [0.05, 0.1) is 6.10 Å². The second-order valence-corrected chi connectivity index (χ2v) is 8.08. The molecular weight excluding hydrogens is 441 g/mol. The van der Waals surface area contributed by atoms with E-state index < -0.39 is 30.6 Å². The summed E-state index contributed by atoms with van der Waals surface area (Å²) in [6.45, 7) is 1.07. The Balaban J connectivity index is 1.72. The van der Waals surface area contributed by atoms with Crippen LogP contribution in [0.1, 0.15) is 40.0 Å². The average molecular weight is 465 g/mol. The van der Waals surface area contributed by atoms with E-state index in [-0.39, 0.29) is 29.9 Å². The van der Waals surface area contributed by atoms with Crippen molar-refractivity contribution in [3.63, 3.8) is 0 Å². The highest BCUT2D eigenvalue weighted by Gasteiger charge is 2.31. The van der Waals surface area contributed by atoms with Gasteiger partial charge in [-0.15, -0.1) is 0 Å². The van der Waals surface area contributed by atoms with Crippen LogP contribution in [-0.4, -0.2) is 45.6 Å². The topological polar surface area (TPSA) is 153 Å². The number of anilines is 1. The van der Waals surface area contributed by atoms with Crippen LogP contribution in [0.3, 0.4) is 0 Å². The molecule has 34 heavy (non-hydrogen) atoms. The maximum atomic E-state index is 12.9. The van der Waals surface area contributed by atoms with Crippen LogP contribution in [0.5, 0.6) is 5.75 Å². The monoisotopic (exact) mass is 465 g/mol. The van der Waals surface area contributed by atoms with Crippen LogP contribution >= 0.6 is 0 Å². The predicted molar refractivity (Wildman–Crippen MR) is 123 cm³/mol. The van der Waals surface area contributed by atoms with E-state index in [9.17, 15) is 19.1 Å². The van der Waals surface area contributed by atoms with Gasteiger partial charge in [-0.3, -0.25) is 9.59 Å². The summed E-state index contributed by atoms with van der Waals surface area (Å²) in [5.41, 5.74) is 13.4. The van der Waals surface area contributed by atoms with E-state index in [1.807, 2.05) is 0 Å². The van der Waals surface area contributed by atoms with Gasteiger partial charge < -0.3 is 26.6 Å². The Morgan fingerprint density at radius 3 is 2.56 bits per heavy atom. The Hall–Kier alpha value is -4.05. The maximum Gasteiger partial charge on any atom is 0.267 e. The summed E-state index contributed by atoms with van der Waals surface area (Å²) in [5.74, 6) is -0.782. The molecule has 4 rings (SSSR count). The Morgan fingerprint density at radius 1 is 1.18 bits per heavy atom. The van der Waals surface area contributed by atoms with E-state index in [1.165, 1.54) is 6.07 Å². The Bertz CT molecular complexity index is 1230. The van der Waals surface area contributed by atoms with Crippen molar-refractivity contribution in [1.29, 1.82) is 0 Å². The summed E-state index contributed by atoms with van der Waals surface area (Å²) < 4.78 is 18.7. The number of aromatic nitrogens is 2. The zero-order valence-electron chi connectivity index (χ0n) is 18.4. The van der Waals surface area contributed by atoms with Gasteiger partial charge in [0.25, 0.3) is 5.91 Å². The predicted octanol–water partition coefficient (Wildman–Crippen LogP) is 1.88. The molecule has 3 atom stereocenters. The molecule has 2 aromatic carbocycles. The van der Waals surface area contributed by atoms with Crippen molar-refractivity contribution in [2.24, 2.45) is 11.5 Å². The summed E-state index contributed by atoms with van der Waals surface area (Å²) in [5, 5.41) is 13.5. The molecule has 1 aromatic heterocycles. The molecule has 0 unspecified atom stereocenters. The summed E-state index contributed by atoms with van der Waals surface area (Å²) in [7, 11) is 0. The van der Waals surface area contributed by atoms with Gasteiger partial charge in [-0.2, -0.15) is 0 Å². The largest absolute Gasteiger partial charge is 0.491 e. The van der Waals surface area contributed by atoms with Crippen LogP contribution in [0.25, 0.3) is 11.4 Å². The first-order valence-electron chi connectivity index (χ1n) is 10.6. The molecule has 3 aromatic rings. The Labute approximate surface area is 195 Å². The molecule has 1 aliphatic rings. The number of nitrogens with one attached hydrogen (secondary N) is 1. The van der Waals surface area contributed by atoms with Crippen LogP contribution in [0, 0.1) is 0 Å². The number of nitrogens with two attached hydrogens (primary N) is 2. The third-order valence-corrected chi connectivity index (χ3v) is 5.66. The van der Waals surface area contributed by atoms with Gasteiger partial charge >= 0.3 is 0 Å². The third kappa shape index (κ3) is 4.67. The van der Waals surface area contributed by atoms with Crippen LogP contribution in [0.15, 0.2) is 48.5 Å². The Morgan fingerprint density at radius 2 is 1.91 bits per heavy atom. The molecule has 6 N–H and O–H groups in total. The first-order chi connectivity index (χ1) is 16.3. The van der Waals surface area contributed by atoms with E-state index in [2.05, 4.69) is 15.3 Å². The zero-order valence-corrected chi connectivity index (χ0v) is 18.4. The second kappa shape index (κ2) is 9.44. The minimum atomic E-state index is -0.782. The number of amides is 2. The molecule has 2 heterocycles. The van der Waals surface area contributed by atoms with E-state index in [0.717, 1.165) is 11.1 Å². The van der Waals surface area contributed by atoms with Crippen LogP contribution in [-0.2, 0) is 11.5 Å². The minimum Gasteiger partial charge on any atom is -0.491 e. The van der Waals surface area contributed by atoms with Crippen LogP contribution in [0.2, 0.25) is 0 Å². The highest BCUT2D eigenvalue weighted by Crippen LogP contribution is 2.40. The molecular formula is C24H24FN5O4. The quantitative estimate of drug-likeness (QED) is 0.415. The molecule has 0 aliphatic carbocycles. The number of hydrogen-bond donors (Lipinski definition) is 4. The number of nitrogens with zero attached hydrogens (tertiary/aromatic N) is 2. The maximum absolute atomic E-state index is 12.9. The molecule has 0 saturated carbocycles. The second-order valence-electron chi connectivity index (χ2n) is 8.08. The summed E-state index contributed by atoms with van der Waals surface area (Å²) in [6.07, 6.45) is -0.782. The fraction of sp³-hybridized carbons (Fsp3) is 0.250. The standard InChI is InChI=1S/C24H24FN5O4/c1-12(22(26)32)28-20-9-17(23(27)33)29-24(30-20)15-6-7-16-19(8-15)34-11-18(31)21(16)14-4-2-13(10-25)3-5-14/h2-9,12,18,21,31H,10-11H2,1H3,(H2,26,32)(H2,27,33)(H,28,29,30)/t12-,18-,21-/m0/s1. The smallest absolute Gasteiger partial charge is 0.267 e. The van der Waals surface area contributed by atoms with Crippen molar-refractivity contribution in [2.45, 2.75) is 31.7 Å². The van der Waals surface area contributed by atoms with Gasteiger partial charge in [0.2, 0.25) is 5.91 Å². The first-order valence-corrected chi connectivity index (χ1v) is 10.6.